The molecule has 0 aromatic heterocycles. The molecule has 1 aliphatic rings. The maximum absolute atomic E-state index is 12.5. The molecule has 0 spiro atoms. The van der Waals surface area contributed by atoms with Crippen molar-refractivity contribution in [3.8, 4) is 0 Å². The average Bonchev–Trinajstić information content (AvgIpc) is 2.61. The van der Waals surface area contributed by atoms with Crippen LogP contribution in [0.15, 0.2) is 0 Å². The van der Waals surface area contributed by atoms with E-state index in [1.165, 1.54) is 0 Å². The van der Waals surface area contributed by atoms with Crippen LogP contribution in [0.2, 0.25) is 0 Å². The zero-order valence-electron chi connectivity index (χ0n) is 18.2. The van der Waals surface area contributed by atoms with Gasteiger partial charge in [0.1, 0.15) is 6.10 Å². The van der Waals surface area contributed by atoms with E-state index in [2.05, 4.69) is 10.6 Å². The van der Waals surface area contributed by atoms with Crippen molar-refractivity contribution in [2.24, 2.45) is 5.41 Å². The Labute approximate surface area is 177 Å². The van der Waals surface area contributed by atoms with Gasteiger partial charge in [0.15, 0.2) is 10.9 Å². The van der Waals surface area contributed by atoms with Crippen molar-refractivity contribution in [3.05, 3.63) is 0 Å². The van der Waals surface area contributed by atoms with Gasteiger partial charge in [0, 0.05) is 37.1 Å². The van der Waals surface area contributed by atoms with Gasteiger partial charge in [-0.3, -0.25) is 14.4 Å². The summed E-state index contributed by atoms with van der Waals surface area (Å²) in [5, 5.41) is 15.0. The second kappa shape index (κ2) is 11.9. The summed E-state index contributed by atoms with van der Waals surface area (Å²) in [6.45, 7) is 10.3. The highest BCUT2D eigenvalue weighted by Gasteiger charge is 2.45. The van der Waals surface area contributed by atoms with Crippen molar-refractivity contribution in [1.29, 1.82) is 0 Å². The zero-order chi connectivity index (χ0) is 22.1. The zero-order valence-corrected chi connectivity index (χ0v) is 19.0. The Kier molecular flexibility index (Phi) is 10.6. The lowest BCUT2D eigenvalue weighted by Gasteiger charge is -2.44. The smallest absolute Gasteiger partial charge is 0.249 e. The monoisotopic (exact) mass is 432 g/mol. The molecule has 1 heterocycles. The first kappa shape index (κ1) is 25.9. The summed E-state index contributed by atoms with van der Waals surface area (Å²) in [5.41, 5.74) is -0.462. The minimum atomic E-state index is -0.823. The molecule has 9 heteroatoms. The molecule has 8 nitrogen and oxygen atoms in total. The number of thioether (sulfide) groups is 1. The lowest BCUT2D eigenvalue weighted by Crippen LogP contribution is -2.56. The van der Waals surface area contributed by atoms with E-state index >= 15 is 0 Å². The molecule has 168 valence electrons. The van der Waals surface area contributed by atoms with Gasteiger partial charge >= 0.3 is 0 Å². The van der Waals surface area contributed by atoms with Crippen LogP contribution in [0.1, 0.15) is 60.3 Å². The van der Waals surface area contributed by atoms with Crippen LogP contribution in [0, 0.1) is 5.41 Å². The standard InChI is InChI=1S/C20H36N2O6S/c1-6-7-14(23)12-16(25)29-11-10-21-15(24)8-9-22-18(26)17-19(2,3)13-27-20(4,5)28-17/h14,17,23H,6-13H2,1-5H3,(H,21,24)(H,22,26)/t14-,17-/m0/s1. The van der Waals surface area contributed by atoms with Gasteiger partial charge in [-0.1, -0.05) is 39.0 Å². The summed E-state index contributed by atoms with van der Waals surface area (Å²) < 4.78 is 11.4. The van der Waals surface area contributed by atoms with Crippen molar-refractivity contribution in [1.82, 2.24) is 10.6 Å². The summed E-state index contributed by atoms with van der Waals surface area (Å²) in [6.07, 6.45) is 0.490. The van der Waals surface area contributed by atoms with Crippen molar-refractivity contribution < 1.29 is 29.0 Å². The Balaban J connectivity index is 2.21. The molecule has 29 heavy (non-hydrogen) atoms. The van der Waals surface area contributed by atoms with Gasteiger partial charge in [0.05, 0.1) is 12.7 Å². The summed E-state index contributed by atoms with van der Waals surface area (Å²) in [4.78, 5) is 36.0. The summed E-state index contributed by atoms with van der Waals surface area (Å²) in [7, 11) is 0. The van der Waals surface area contributed by atoms with Crippen LogP contribution in [0.4, 0.5) is 0 Å². The summed E-state index contributed by atoms with van der Waals surface area (Å²) >= 11 is 1.11. The van der Waals surface area contributed by atoms with E-state index in [4.69, 9.17) is 9.47 Å². The molecule has 1 fully saturated rings. The minimum Gasteiger partial charge on any atom is -0.393 e. The number of aliphatic hydroxyl groups excluding tert-OH is 1. The Bertz CT molecular complexity index is 567. The number of aliphatic hydroxyl groups is 1. The molecule has 0 aromatic rings. The van der Waals surface area contributed by atoms with Gasteiger partial charge in [-0.25, -0.2) is 0 Å². The lowest BCUT2D eigenvalue weighted by molar-refractivity contribution is -0.304. The number of carbonyl (C=O) groups is 3. The molecule has 0 aromatic carbocycles. The molecule has 1 aliphatic heterocycles. The topological polar surface area (TPSA) is 114 Å². The second-order valence-electron chi connectivity index (χ2n) is 8.43. The molecular formula is C20H36N2O6S. The Morgan fingerprint density at radius 1 is 1.17 bits per heavy atom. The third-order valence-corrected chi connectivity index (χ3v) is 5.40. The van der Waals surface area contributed by atoms with Crippen LogP contribution < -0.4 is 10.6 Å². The number of nitrogens with one attached hydrogen (secondary N) is 2. The molecule has 1 saturated heterocycles. The molecule has 2 atom stereocenters. The number of amides is 2. The van der Waals surface area contributed by atoms with Crippen LogP contribution in [0.5, 0.6) is 0 Å². The van der Waals surface area contributed by atoms with Gasteiger partial charge in [0.2, 0.25) is 11.8 Å². The maximum atomic E-state index is 12.5. The molecular weight excluding hydrogens is 396 g/mol. The molecule has 0 radical (unpaired) electrons. The van der Waals surface area contributed by atoms with Gasteiger partial charge in [0.25, 0.3) is 0 Å². The highest BCUT2D eigenvalue weighted by atomic mass is 32.2. The molecule has 2 amide bonds. The molecule has 0 aliphatic carbocycles. The molecule has 0 unspecified atom stereocenters. The first-order valence-electron chi connectivity index (χ1n) is 10.2. The third kappa shape index (κ3) is 9.93. The Hall–Kier alpha value is -1.16. The fourth-order valence-electron chi connectivity index (χ4n) is 2.84. The normalized spacial score (nSPS) is 21.2. The quantitative estimate of drug-likeness (QED) is 0.425. The van der Waals surface area contributed by atoms with Crippen molar-refractivity contribution in [2.75, 3.05) is 25.4 Å². The molecule has 3 N–H and O–H groups in total. The van der Waals surface area contributed by atoms with E-state index in [9.17, 15) is 19.5 Å². The van der Waals surface area contributed by atoms with E-state index in [0.717, 1.165) is 18.2 Å². The first-order valence-corrected chi connectivity index (χ1v) is 11.2. The minimum absolute atomic E-state index is 0.0746. The van der Waals surface area contributed by atoms with Crippen molar-refractivity contribution >= 4 is 28.7 Å². The maximum Gasteiger partial charge on any atom is 0.249 e. The van der Waals surface area contributed by atoms with E-state index in [-0.39, 0.29) is 36.3 Å². The van der Waals surface area contributed by atoms with E-state index in [0.29, 0.717) is 25.3 Å². The van der Waals surface area contributed by atoms with Crippen LogP contribution in [-0.4, -0.2) is 65.5 Å². The first-order chi connectivity index (χ1) is 13.5. The average molecular weight is 433 g/mol. The van der Waals surface area contributed by atoms with Crippen LogP contribution in [0.3, 0.4) is 0 Å². The number of hydrogen-bond acceptors (Lipinski definition) is 7. The highest BCUT2D eigenvalue weighted by molar-refractivity contribution is 8.13. The Morgan fingerprint density at radius 3 is 2.52 bits per heavy atom. The molecule has 0 bridgehead atoms. The third-order valence-electron chi connectivity index (χ3n) is 4.50. The van der Waals surface area contributed by atoms with Crippen molar-refractivity contribution in [3.63, 3.8) is 0 Å². The molecule has 1 rings (SSSR count). The van der Waals surface area contributed by atoms with Crippen LogP contribution in [0.25, 0.3) is 0 Å². The fourth-order valence-corrected chi connectivity index (χ4v) is 3.59. The Morgan fingerprint density at radius 2 is 1.86 bits per heavy atom. The van der Waals surface area contributed by atoms with Gasteiger partial charge in [-0.15, -0.1) is 0 Å². The van der Waals surface area contributed by atoms with E-state index in [1.807, 2.05) is 20.8 Å². The fraction of sp³-hybridized carbons (Fsp3) is 0.850. The number of hydrogen-bond donors (Lipinski definition) is 3. The number of carbonyl (C=O) groups excluding carboxylic acids is 3. The highest BCUT2D eigenvalue weighted by Crippen LogP contribution is 2.34. The largest absolute Gasteiger partial charge is 0.393 e. The summed E-state index contributed by atoms with van der Waals surface area (Å²) in [5.74, 6) is -0.825. The second-order valence-corrected chi connectivity index (χ2v) is 9.59. The predicted molar refractivity (Wildman–Crippen MR) is 112 cm³/mol. The van der Waals surface area contributed by atoms with E-state index < -0.39 is 23.4 Å². The van der Waals surface area contributed by atoms with Crippen LogP contribution >= 0.6 is 11.8 Å². The number of ether oxygens (including phenoxy) is 2. The SMILES string of the molecule is CCC[C@H](O)CC(=O)SCCNC(=O)CCNC(=O)[C@@H]1OC(C)(C)OCC1(C)C. The van der Waals surface area contributed by atoms with Crippen LogP contribution in [-0.2, 0) is 23.9 Å². The summed E-state index contributed by atoms with van der Waals surface area (Å²) in [6, 6.07) is 0. The lowest BCUT2D eigenvalue weighted by atomic mass is 9.85. The predicted octanol–water partition coefficient (Wildman–Crippen LogP) is 1.60. The van der Waals surface area contributed by atoms with Crippen molar-refractivity contribution in [2.45, 2.75) is 78.3 Å². The number of rotatable bonds is 11. The van der Waals surface area contributed by atoms with Gasteiger partial charge in [-0.05, 0) is 20.3 Å². The van der Waals surface area contributed by atoms with Gasteiger partial charge in [-0.2, -0.15) is 0 Å². The molecule has 0 saturated carbocycles. The van der Waals surface area contributed by atoms with Gasteiger partial charge < -0.3 is 25.2 Å². The van der Waals surface area contributed by atoms with E-state index in [1.54, 1.807) is 13.8 Å².